The number of carbonyl (C=O) groups excluding carboxylic acids is 1. The number of primary amides is 1. The number of likely N-dealkylation sites (tertiary alicyclic amines) is 1. The van der Waals surface area contributed by atoms with Crippen molar-refractivity contribution in [1.29, 1.82) is 0 Å². The summed E-state index contributed by atoms with van der Waals surface area (Å²) in [4.78, 5) is 23.8. The molecule has 1 aliphatic rings. The summed E-state index contributed by atoms with van der Waals surface area (Å²) < 4.78 is 13.6. The zero-order valence-corrected chi connectivity index (χ0v) is 10.3. The number of halogens is 1. The van der Waals surface area contributed by atoms with E-state index in [1.165, 1.54) is 0 Å². The smallest absolute Gasteiger partial charge is 0.408 e. The Morgan fingerprint density at radius 1 is 1.42 bits per heavy atom. The first-order valence-electron chi connectivity index (χ1n) is 5.94. The molecule has 0 unspecified atom stereocenters. The Balaban J connectivity index is 2.37. The van der Waals surface area contributed by atoms with Crippen LogP contribution in [-0.2, 0) is 11.2 Å². The number of carbonyl (C=O) groups is 2. The van der Waals surface area contributed by atoms with E-state index < -0.39 is 23.7 Å². The van der Waals surface area contributed by atoms with Crippen molar-refractivity contribution >= 4 is 12.0 Å². The van der Waals surface area contributed by atoms with Crippen LogP contribution in [0.1, 0.15) is 12.0 Å². The monoisotopic (exact) mass is 266 g/mol. The normalized spacial score (nSPS) is 26.4. The summed E-state index contributed by atoms with van der Waals surface area (Å²) >= 11 is 0. The molecule has 1 saturated heterocycles. The number of alkyl halides is 1. The molecule has 2 amide bonds. The van der Waals surface area contributed by atoms with E-state index in [4.69, 9.17) is 10.8 Å². The Morgan fingerprint density at radius 2 is 2.05 bits per heavy atom. The first kappa shape index (κ1) is 13.3. The molecule has 0 bridgehead atoms. The highest BCUT2D eigenvalue weighted by molar-refractivity contribution is 5.89. The molecule has 0 spiro atoms. The second-order valence-electron chi connectivity index (χ2n) is 4.75. The number of nitrogens with two attached hydrogens (primary N) is 1. The molecule has 102 valence electrons. The molecule has 6 heteroatoms. The number of nitrogens with zero attached hydrogens (tertiary/aromatic N) is 1. The van der Waals surface area contributed by atoms with Crippen LogP contribution in [0.25, 0.3) is 0 Å². The molecule has 5 nitrogen and oxygen atoms in total. The summed E-state index contributed by atoms with van der Waals surface area (Å²) in [5.74, 6) is -0.807. The molecular weight excluding hydrogens is 251 g/mol. The molecule has 1 aromatic rings. The van der Waals surface area contributed by atoms with Crippen LogP contribution < -0.4 is 5.73 Å². The van der Waals surface area contributed by atoms with Gasteiger partial charge >= 0.3 is 6.09 Å². The maximum Gasteiger partial charge on any atom is 0.408 e. The Bertz CT molecular complexity index is 494. The highest BCUT2D eigenvalue weighted by Gasteiger charge is 2.52. The van der Waals surface area contributed by atoms with Crippen LogP contribution >= 0.6 is 0 Å². The van der Waals surface area contributed by atoms with Crippen molar-refractivity contribution in [2.45, 2.75) is 24.6 Å². The van der Waals surface area contributed by atoms with Crippen LogP contribution in [-0.4, -0.2) is 40.3 Å². The largest absolute Gasteiger partial charge is 0.465 e. The minimum absolute atomic E-state index is 0.0931. The highest BCUT2D eigenvalue weighted by atomic mass is 19.1. The van der Waals surface area contributed by atoms with Gasteiger partial charge in [0.15, 0.2) is 0 Å². The number of benzene rings is 1. The SMILES string of the molecule is NC(=O)[C@]1(Cc2ccccc2)C[C@H](F)CN1C(=O)O. The maximum absolute atomic E-state index is 13.6. The number of rotatable bonds is 3. The molecule has 0 aliphatic carbocycles. The van der Waals surface area contributed by atoms with E-state index in [1.54, 1.807) is 24.3 Å². The van der Waals surface area contributed by atoms with E-state index in [0.29, 0.717) is 0 Å². The third-order valence-corrected chi connectivity index (χ3v) is 3.49. The van der Waals surface area contributed by atoms with Gasteiger partial charge in [-0.15, -0.1) is 0 Å². The van der Waals surface area contributed by atoms with Gasteiger partial charge in [-0.25, -0.2) is 9.18 Å². The Morgan fingerprint density at radius 3 is 2.58 bits per heavy atom. The summed E-state index contributed by atoms with van der Waals surface area (Å²) in [6.07, 6.45) is -2.79. The highest BCUT2D eigenvalue weighted by Crippen LogP contribution is 2.34. The molecule has 1 fully saturated rings. The van der Waals surface area contributed by atoms with Crippen molar-refractivity contribution in [2.75, 3.05) is 6.54 Å². The average molecular weight is 266 g/mol. The van der Waals surface area contributed by atoms with E-state index in [0.717, 1.165) is 10.5 Å². The van der Waals surface area contributed by atoms with Crippen molar-refractivity contribution in [3.05, 3.63) is 35.9 Å². The molecule has 1 aromatic carbocycles. The lowest BCUT2D eigenvalue weighted by Crippen LogP contribution is -2.57. The Hall–Kier alpha value is -2.11. The third-order valence-electron chi connectivity index (χ3n) is 3.49. The predicted octanol–water partition coefficient (Wildman–Crippen LogP) is 1.17. The molecule has 0 radical (unpaired) electrons. The van der Waals surface area contributed by atoms with Crippen LogP contribution in [0.2, 0.25) is 0 Å². The second-order valence-corrected chi connectivity index (χ2v) is 4.75. The molecular formula is C13H15FN2O3. The number of carboxylic acid groups (broad SMARTS) is 1. The van der Waals surface area contributed by atoms with Crippen LogP contribution in [0.15, 0.2) is 30.3 Å². The molecule has 3 N–H and O–H groups in total. The fourth-order valence-corrected chi connectivity index (χ4v) is 2.60. The zero-order chi connectivity index (χ0) is 14.0. The van der Waals surface area contributed by atoms with Gasteiger partial charge in [0.2, 0.25) is 5.91 Å². The summed E-state index contributed by atoms with van der Waals surface area (Å²) in [5.41, 5.74) is 4.62. The van der Waals surface area contributed by atoms with Gasteiger partial charge in [0.25, 0.3) is 0 Å². The van der Waals surface area contributed by atoms with Crippen LogP contribution in [0, 0.1) is 0 Å². The minimum atomic E-state index is -1.49. The lowest BCUT2D eigenvalue weighted by Gasteiger charge is -2.33. The predicted molar refractivity (Wildman–Crippen MR) is 66.3 cm³/mol. The van der Waals surface area contributed by atoms with Crippen molar-refractivity contribution in [1.82, 2.24) is 4.90 Å². The number of hydrogen-bond donors (Lipinski definition) is 2. The number of amides is 2. The molecule has 1 aliphatic heterocycles. The van der Waals surface area contributed by atoms with Gasteiger partial charge in [0, 0.05) is 12.8 Å². The fourth-order valence-electron chi connectivity index (χ4n) is 2.60. The summed E-state index contributed by atoms with van der Waals surface area (Å²) in [6.45, 7) is -0.314. The first-order chi connectivity index (χ1) is 8.95. The topological polar surface area (TPSA) is 83.6 Å². The molecule has 0 saturated carbocycles. The Labute approximate surface area is 109 Å². The van der Waals surface area contributed by atoms with Crippen LogP contribution in [0.5, 0.6) is 0 Å². The number of hydrogen-bond acceptors (Lipinski definition) is 2. The van der Waals surface area contributed by atoms with Crippen LogP contribution in [0.3, 0.4) is 0 Å². The average Bonchev–Trinajstić information content (AvgIpc) is 2.69. The standard InChI is InChI=1S/C13H15FN2O3/c14-10-7-13(11(15)17,16(8-10)12(18)19)6-9-4-2-1-3-5-9/h1-5,10H,6-8H2,(H2,15,17)(H,18,19)/t10-,13-/m0/s1. The molecule has 1 heterocycles. The quantitative estimate of drug-likeness (QED) is 0.861. The molecule has 0 aromatic heterocycles. The lowest BCUT2D eigenvalue weighted by atomic mass is 9.87. The van der Waals surface area contributed by atoms with Gasteiger partial charge in [-0.3, -0.25) is 9.69 Å². The summed E-state index contributed by atoms with van der Waals surface area (Å²) in [7, 11) is 0. The van der Waals surface area contributed by atoms with Crippen molar-refractivity contribution in [3.63, 3.8) is 0 Å². The maximum atomic E-state index is 13.6. The first-order valence-corrected chi connectivity index (χ1v) is 5.94. The third kappa shape index (κ3) is 2.38. The fraction of sp³-hybridized carbons (Fsp3) is 0.385. The van der Waals surface area contributed by atoms with Gasteiger partial charge in [-0.05, 0) is 5.56 Å². The van der Waals surface area contributed by atoms with Gasteiger partial charge in [0.1, 0.15) is 11.7 Å². The van der Waals surface area contributed by atoms with E-state index in [2.05, 4.69) is 0 Å². The van der Waals surface area contributed by atoms with Gasteiger partial charge in [-0.1, -0.05) is 30.3 Å². The zero-order valence-electron chi connectivity index (χ0n) is 10.3. The van der Waals surface area contributed by atoms with E-state index in [-0.39, 0.29) is 19.4 Å². The van der Waals surface area contributed by atoms with Crippen molar-refractivity contribution in [2.24, 2.45) is 5.73 Å². The molecule has 2 rings (SSSR count). The van der Waals surface area contributed by atoms with E-state index >= 15 is 0 Å². The summed E-state index contributed by atoms with van der Waals surface area (Å²) in [6, 6.07) is 8.88. The second kappa shape index (κ2) is 4.87. The van der Waals surface area contributed by atoms with Crippen LogP contribution in [0.4, 0.5) is 9.18 Å². The minimum Gasteiger partial charge on any atom is -0.465 e. The van der Waals surface area contributed by atoms with E-state index in [1.807, 2.05) is 6.07 Å². The van der Waals surface area contributed by atoms with Gasteiger partial charge in [0.05, 0.1) is 6.54 Å². The summed E-state index contributed by atoms with van der Waals surface area (Å²) in [5, 5.41) is 9.15. The van der Waals surface area contributed by atoms with Gasteiger partial charge in [-0.2, -0.15) is 0 Å². The van der Waals surface area contributed by atoms with Crippen molar-refractivity contribution in [3.8, 4) is 0 Å². The van der Waals surface area contributed by atoms with Gasteiger partial charge < -0.3 is 10.8 Å². The van der Waals surface area contributed by atoms with E-state index in [9.17, 15) is 14.0 Å². The lowest BCUT2D eigenvalue weighted by molar-refractivity contribution is -0.127. The molecule has 19 heavy (non-hydrogen) atoms. The molecule has 2 atom stereocenters. The van der Waals surface area contributed by atoms with Crippen molar-refractivity contribution < 1.29 is 19.1 Å². The Kier molecular flexibility index (Phi) is 3.42.